The summed E-state index contributed by atoms with van der Waals surface area (Å²) in [5.41, 5.74) is 1.25. The molecule has 2 aromatic rings. The van der Waals surface area contributed by atoms with Gasteiger partial charge in [-0.25, -0.2) is 9.95 Å². The lowest BCUT2D eigenvalue weighted by molar-refractivity contribution is 0.394. The van der Waals surface area contributed by atoms with Gasteiger partial charge in [0.05, 0.1) is 11.8 Å². The summed E-state index contributed by atoms with van der Waals surface area (Å²) >= 11 is 3.33. The molecular formula is C9H6BrNO2. The van der Waals surface area contributed by atoms with Gasteiger partial charge in [-0.15, -0.1) is 0 Å². The van der Waals surface area contributed by atoms with E-state index < -0.39 is 0 Å². The lowest BCUT2D eigenvalue weighted by Crippen LogP contribution is -1.85. The largest absolute Gasteiger partial charge is 0.357 e. The second-order valence-electron chi connectivity index (χ2n) is 2.59. The average Bonchev–Trinajstić information content (AvgIpc) is 2.53. The van der Waals surface area contributed by atoms with Crippen molar-refractivity contribution < 1.29 is 4.52 Å². The highest BCUT2D eigenvalue weighted by atomic mass is 79.9. The van der Waals surface area contributed by atoms with E-state index in [1.165, 1.54) is 6.07 Å². The molecule has 0 saturated heterocycles. The van der Waals surface area contributed by atoms with Gasteiger partial charge in [0, 0.05) is 10.0 Å². The van der Waals surface area contributed by atoms with Gasteiger partial charge in [0.1, 0.15) is 0 Å². The van der Waals surface area contributed by atoms with E-state index in [2.05, 4.69) is 25.6 Å². The maximum Gasteiger partial charge on any atom is 0.357 e. The fourth-order valence-electron chi connectivity index (χ4n) is 1.05. The Morgan fingerprint density at radius 2 is 1.92 bits per heavy atom. The van der Waals surface area contributed by atoms with Crippen LogP contribution in [0.2, 0.25) is 0 Å². The fourth-order valence-corrected chi connectivity index (χ4v) is 1.32. The van der Waals surface area contributed by atoms with Gasteiger partial charge in [0.25, 0.3) is 0 Å². The first-order valence-corrected chi connectivity index (χ1v) is 4.49. The topological polar surface area (TPSA) is 46.0 Å². The molecule has 1 aromatic carbocycles. The predicted molar refractivity (Wildman–Crippen MR) is 52.5 cm³/mol. The molecule has 1 heterocycles. The Morgan fingerprint density at radius 1 is 1.23 bits per heavy atom. The van der Waals surface area contributed by atoms with Crippen molar-refractivity contribution in [1.82, 2.24) is 5.16 Å². The van der Waals surface area contributed by atoms with Crippen LogP contribution in [0.25, 0.3) is 11.3 Å². The molecule has 66 valence electrons. The summed E-state index contributed by atoms with van der Waals surface area (Å²) in [5, 5.41) is 2.54. The Labute approximate surface area is 82.5 Å². The summed E-state index contributed by atoms with van der Waals surface area (Å²) in [5.74, 6) is 0. The molecule has 1 N–H and O–H groups in total. The molecule has 2 rings (SSSR count). The summed E-state index contributed by atoms with van der Waals surface area (Å²) in [6.45, 7) is 0. The minimum absolute atomic E-state index is 0.363. The molecular weight excluding hydrogens is 234 g/mol. The van der Waals surface area contributed by atoms with Crippen LogP contribution in [-0.2, 0) is 0 Å². The third-order valence-electron chi connectivity index (χ3n) is 1.68. The fraction of sp³-hybridized carbons (Fsp3) is 0. The summed E-state index contributed by atoms with van der Waals surface area (Å²) < 4.78 is 5.56. The lowest BCUT2D eigenvalue weighted by Gasteiger charge is -1.94. The SMILES string of the molecule is O=c1cc(-c2ccc(Br)cc2)[nH]o1. The van der Waals surface area contributed by atoms with Crippen LogP contribution in [0.4, 0.5) is 0 Å². The monoisotopic (exact) mass is 239 g/mol. The van der Waals surface area contributed by atoms with Crippen molar-refractivity contribution >= 4 is 15.9 Å². The molecule has 0 fully saturated rings. The summed E-state index contributed by atoms with van der Waals surface area (Å²) in [6.07, 6.45) is 0. The quantitative estimate of drug-likeness (QED) is 0.831. The van der Waals surface area contributed by atoms with Crippen LogP contribution in [0, 0.1) is 0 Å². The number of rotatable bonds is 1. The van der Waals surface area contributed by atoms with Crippen LogP contribution in [-0.4, -0.2) is 5.16 Å². The second kappa shape index (κ2) is 3.22. The highest BCUT2D eigenvalue weighted by Crippen LogP contribution is 2.18. The van der Waals surface area contributed by atoms with Gasteiger partial charge in [-0.2, -0.15) is 0 Å². The number of nitrogens with one attached hydrogen (secondary N) is 1. The molecule has 0 spiro atoms. The molecule has 4 heteroatoms. The molecule has 0 amide bonds. The molecule has 0 unspecified atom stereocenters. The van der Waals surface area contributed by atoms with Gasteiger partial charge in [-0.05, 0) is 12.1 Å². The van der Waals surface area contributed by atoms with E-state index >= 15 is 0 Å². The van der Waals surface area contributed by atoms with Crippen molar-refractivity contribution in [2.75, 3.05) is 0 Å². The van der Waals surface area contributed by atoms with Gasteiger partial charge in [-0.1, -0.05) is 28.1 Å². The van der Waals surface area contributed by atoms with Crippen LogP contribution in [0.15, 0.2) is 44.1 Å². The molecule has 0 aliphatic heterocycles. The Bertz CT molecular complexity index is 455. The zero-order valence-corrected chi connectivity index (χ0v) is 8.17. The number of hydrogen-bond donors (Lipinski definition) is 1. The van der Waals surface area contributed by atoms with Crippen LogP contribution in [0.3, 0.4) is 0 Å². The van der Waals surface area contributed by atoms with Crippen molar-refractivity contribution in [1.29, 1.82) is 0 Å². The standard InChI is InChI=1S/C9H6BrNO2/c10-7-3-1-6(2-4-7)8-5-9(12)13-11-8/h1-5,11H. The molecule has 13 heavy (non-hydrogen) atoms. The highest BCUT2D eigenvalue weighted by Gasteiger charge is 2.00. The van der Waals surface area contributed by atoms with Gasteiger partial charge >= 0.3 is 5.63 Å². The van der Waals surface area contributed by atoms with Crippen molar-refractivity contribution in [2.45, 2.75) is 0 Å². The number of aromatic amines is 1. The molecule has 1 aromatic heterocycles. The average molecular weight is 240 g/mol. The van der Waals surface area contributed by atoms with Crippen molar-refractivity contribution in [3.63, 3.8) is 0 Å². The van der Waals surface area contributed by atoms with Gasteiger partial charge in [0.15, 0.2) is 0 Å². The third kappa shape index (κ3) is 1.72. The van der Waals surface area contributed by atoms with E-state index in [9.17, 15) is 4.79 Å². The van der Waals surface area contributed by atoms with Crippen molar-refractivity contribution in [3.05, 3.63) is 45.2 Å². The van der Waals surface area contributed by atoms with E-state index in [0.29, 0.717) is 5.69 Å². The number of H-pyrrole nitrogens is 1. The summed E-state index contributed by atoms with van der Waals surface area (Å²) in [7, 11) is 0. The van der Waals surface area contributed by atoms with Crippen LogP contribution < -0.4 is 5.63 Å². The van der Waals surface area contributed by atoms with E-state index in [4.69, 9.17) is 0 Å². The first-order chi connectivity index (χ1) is 6.25. The third-order valence-corrected chi connectivity index (χ3v) is 2.21. The molecule has 0 aliphatic carbocycles. The number of aromatic nitrogens is 1. The maximum absolute atomic E-state index is 10.7. The Kier molecular flexibility index (Phi) is 2.06. The normalized spacial score (nSPS) is 10.2. The first kappa shape index (κ1) is 8.31. The Balaban J connectivity index is 2.47. The second-order valence-corrected chi connectivity index (χ2v) is 3.50. The smallest absolute Gasteiger partial charge is 0.339 e. The molecule has 0 radical (unpaired) electrons. The van der Waals surface area contributed by atoms with Gasteiger partial charge in [0.2, 0.25) is 0 Å². The summed E-state index contributed by atoms with van der Waals surface area (Å²) in [4.78, 5) is 10.7. The van der Waals surface area contributed by atoms with Gasteiger partial charge in [-0.3, -0.25) is 0 Å². The molecule has 0 atom stereocenters. The Morgan fingerprint density at radius 3 is 2.46 bits per heavy atom. The van der Waals surface area contributed by atoms with Crippen LogP contribution in [0.1, 0.15) is 0 Å². The minimum atomic E-state index is -0.363. The lowest BCUT2D eigenvalue weighted by atomic mass is 10.2. The minimum Gasteiger partial charge on any atom is -0.339 e. The van der Waals surface area contributed by atoms with E-state index in [0.717, 1.165) is 10.0 Å². The van der Waals surface area contributed by atoms with E-state index in [-0.39, 0.29) is 5.63 Å². The number of hydrogen-bond acceptors (Lipinski definition) is 2. The van der Waals surface area contributed by atoms with Crippen molar-refractivity contribution in [2.24, 2.45) is 0 Å². The molecule has 0 bridgehead atoms. The number of benzene rings is 1. The highest BCUT2D eigenvalue weighted by molar-refractivity contribution is 9.10. The number of halogens is 1. The van der Waals surface area contributed by atoms with Crippen LogP contribution in [0.5, 0.6) is 0 Å². The molecule has 3 nitrogen and oxygen atoms in total. The summed E-state index contributed by atoms with van der Waals surface area (Å²) in [6, 6.07) is 9.01. The Hall–Kier alpha value is -1.29. The zero-order valence-electron chi connectivity index (χ0n) is 6.58. The van der Waals surface area contributed by atoms with Crippen LogP contribution >= 0.6 is 15.9 Å². The van der Waals surface area contributed by atoms with Gasteiger partial charge < -0.3 is 4.52 Å². The first-order valence-electron chi connectivity index (χ1n) is 3.70. The predicted octanol–water partition coefficient (Wildman–Crippen LogP) is 2.40. The van der Waals surface area contributed by atoms with Crippen molar-refractivity contribution in [3.8, 4) is 11.3 Å². The zero-order chi connectivity index (χ0) is 9.26. The van der Waals surface area contributed by atoms with E-state index in [1.54, 1.807) is 0 Å². The molecule has 0 saturated carbocycles. The maximum atomic E-state index is 10.7. The van der Waals surface area contributed by atoms with E-state index in [1.807, 2.05) is 24.3 Å². The molecule has 0 aliphatic rings.